The highest BCUT2D eigenvalue weighted by Gasteiger charge is 2.30. The predicted molar refractivity (Wildman–Crippen MR) is 235 cm³/mol. The van der Waals surface area contributed by atoms with Gasteiger partial charge in [0.05, 0.1) is 35.9 Å². The number of fused-ring (bicyclic) bond motifs is 1. The maximum atomic E-state index is 13.3. The van der Waals surface area contributed by atoms with Crippen molar-refractivity contribution >= 4 is 53.2 Å². The number of nitrogens with one attached hydrogen (secondary N) is 2. The van der Waals surface area contributed by atoms with Crippen molar-refractivity contribution in [2.75, 3.05) is 26.8 Å². The zero-order valence-corrected chi connectivity index (χ0v) is 37.0. The number of hydrogen-bond donors (Lipinski definition) is 2. The van der Waals surface area contributed by atoms with Gasteiger partial charge in [-0.25, -0.2) is 14.6 Å². The molecule has 1 aliphatic heterocycles. The standard InChI is InChI=1S/C45H48Cl2N6O9/c1-44(2,3)61-42(57)48-19-21-60-40-33(25-54)41(56)53-20-18-26(22-35(53)51-40)29-10-8-11-30(37(29)46)31-12-9-13-32(38(31)47)34-16-14-27(39(50-34)59-7)23-52(43(58)62-45(4,5)6)24-28-15-17-36(55)49-28/h8-14,16,18,20,22,25,28H,15,17,19,21,23-24H2,1-7H3,(H,48,57)(H,49,55)/t28-/m0/s1. The SMILES string of the molecule is COc1nc(-c2cccc(-c3cccc(-c4ccn5c(=O)c(C=O)c(OCCNC(=O)OC(C)(C)C)nc5c4)c3Cl)c2Cl)ccc1CN(C[C@@H]1CCC(=O)N1)C(=O)OC(C)(C)C. The minimum absolute atomic E-state index is 0.0350. The first-order valence-electron chi connectivity index (χ1n) is 19.9. The molecule has 5 aromatic rings. The lowest BCUT2D eigenvalue weighted by Crippen LogP contribution is -2.43. The molecular weight excluding hydrogens is 839 g/mol. The Morgan fingerprint density at radius 1 is 0.903 bits per heavy atom. The normalized spacial score (nSPS) is 14.0. The van der Waals surface area contributed by atoms with Gasteiger partial charge in [0.2, 0.25) is 17.7 Å². The Morgan fingerprint density at radius 2 is 1.56 bits per heavy atom. The number of ether oxygens (including phenoxy) is 4. The lowest BCUT2D eigenvalue weighted by molar-refractivity contribution is -0.119. The Morgan fingerprint density at radius 3 is 2.19 bits per heavy atom. The van der Waals surface area contributed by atoms with E-state index in [1.165, 1.54) is 22.6 Å². The molecule has 0 radical (unpaired) electrons. The summed E-state index contributed by atoms with van der Waals surface area (Å²) < 4.78 is 23.6. The molecule has 1 atom stereocenters. The van der Waals surface area contributed by atoms with Crippen molar-refractivity contribution in [2.24, 2.45) is 0 Å². The number of methoxy groups -OCH3 is 1. The number of carbonyl (C=O) groups is 4. The molecule has 3 aromatic heterocycles. The second-order valence-corrected chi connectivity index (χ2v) is 17.3. The molecule has 1 fully saturated rings. The van der Waals surface area contributed by atoms with Crippen LogP contribution in [-0.4, -0.2) is 87.7 Å². The Bertz CT molecular complexity index is 2580. The van der Waals surface area contributed by atoms with E-state index in [0.29, 0.717) is 68.2 Å². The quantitative estimate of drug-likeness (QED) is 0.0861. The fraction of sp³-hybridized carbons (Fsp3) is 0.356. The summed E-state index contributed by atoms with van der Waals surface area (Å²) in [5.74, 6) is 0.0381. The van der Waals surface area contributed by atoms with Crippen molar-refractivity contribution < 1.29 is 38.1 Å². The number of halogens is 2. The summed E-state index contributed by atoms with van der Waals surface area (Å²) >= 11 is 14.3. The fourth-order valence-corrected chi connectivity index (χ4v) is 7.42. The first-order chi connectivity index (χ1) is 29.3. The molecular formula is C45H48Cl2N6O9. The average Bonchev–Trinajstić information content (AvgIpc) is 3.62. The van der Waals surface area contributed by atoms with Crippen LogP contribution in [0.25, 0.3) is 39.2 Å². The van der Waals surface area contributed by atoms with Crippen LogP contribution in [-0.2, 0) is 20.8 Å². The lowest BCUT2D eigenvalue weighted by Gasteiger charge is -2.29. The van der Waals surface area contributed by atoms with Crippen molar-refractivity contribution in [1.29, 1.82) is 0 Å². The Labute approximate surface area is 368 Å². The van der Waals surface area contributed by atoms with Crippen LogP contribution in [0.15, 0.2) is 71.7 Å². The molecule has 1 aliphatic rings. The minimum atomic E-state index is -0.731. The van der Waals surface area contributed by atoms with E-state index in [0.717, 1.165) is 0 Å². The highest BCUT2D eigenvalue weighted by Crippen LogP contribution is 2.42. The van der Waals surface area contributed by atoms with Crippen LogP contribution in [0.4, 0.5) is 9.59 Å². The van der Waals surface area contributed by atoms with Gasteiger partial charge < -0.3 is 34.5 Å². The molecule has 2 N–H and O–H groups in total. The van der Waals surface area contributed by atoms with E-state index in [2.05, 4.69) is 15.6 Å². The van der Waals surface area contributed by atoms with Gasteiger partial charge in [-0.15, -0.1) is 0 Å². The molecule has 17 heteroatoms. The number of benzene rings is 2. The van der Waals surface area contributed by atoms with E-state index in [-0.39, 0.29) is 61.2 Å². The maximum Gasteiger partial charge on any atom is 0.410 e. The molecule has 0 saturated carbocycles. The van der Waals surface area contributed by atoms with Gasteiger partial charge in [-0.3, -0.25) is 18.8 Å². The van der Waals surface area contributed by atoms with Crippen LogP contribution < -0.4 is 25.7 Å². The highest BCUT2D eigenvalue weighted by atomic mass is 35.5. The predicted octanol–water partition coefficient (Wildman–Crippen LogP) is 8.14. The van der Waals surface area contributed by atoms with Gasteiger partial charge in [-0.05, 0) is 77.8 Å². The van der Waals surface area contributed by atoms with E-state index in [1.807, 2.05) is 42.5 Å². The lowest BCUT2D eigenvalue weighted by atomic mass is 9.97. The second kappa shape index (κ2) is 18.8. The summed E-state index contributed by atoms with van der Waals surface area (Å²) in [4.78, 5) is 73.4. The summed E-state index contributed by atoms with van der Waals surface area (Å²) in [7, 11) is 1.49. The number of carbonyl (C=O) groups excluding carboxylic acids is 4. The summed E-state index contributed by atoms with van der Waals surface area (Å²) in [6, 6.07) is 17.7. The fourth-order valence-electron chi connectivity index (χ4n) is 6.76. The Kier molecular flexibility index (Phi) is 13.8. The number of aromatic nitrogens is 3. The number of hydrogen-bond acceptors (Lipinski definition) is 11. The average molecular weight is 888 g/mol. The van der Waals surface area contributed by atoms with Gasteiger partial charge in [0, 0.05) is 53.0 Å². The molecule has 1 saturated heterocycles. The number of nitrogens with zero attached hydrogens (tertiary/aromatic N) is 4. The minimum Gasteiger partial charge on any atom is -0.481 e. The zero-order valence-electron chi connectivity index (χ0n) is 35.5. The first kappa shape index (κ1) is 45.3. The molecule has 0 unspecified atom stereocenters. The summed E-state index contributed by atoms with van der Waals surface area (Å²) in [5, 5.41) is 6.22. The van der Waals surface area contributed by atoms with E-state index in [4.69, 9.17) is 47.1 Å². The van der Waals surface area contributed by atoms with Crippen LogP contribution >= 0.6 is 23.2 Å². The molecule has 3 amide bonds. The largest absolute Gasteiger partial charge is 0.481 e. The van der Waals surface area contributed by atoms with Crippen molar-refractivity contribution in [3.05, 3.63) is 98.4 Å². The molecule has 0 aliphatic carbocycles. The second-order valence-electron chi connectivity index (χ2n) is 16.5. The van der Waals surface area contributed by atoms with E-state index in [9.17, 15) is 24.0 Å². The van der Waals surface area contributed by atoms with Crippen LogP contribution in [0.3, 0.4) is 0 Å². The topological polar surface area (TPSA) is 180 Å². The maximum absolute atomic E-state index is 13.3. The van der Waals surface area contributed by atoms with Gasteiger partial charge in [0.15, 0.2) is 6.29 Å². The molecule has 326 valence electrons. The molecule has 6 rings (SSSR count). The zero-order chi connectivity index (χ0) is 44.9. The van der Waals surface area contributed by atoms with E-state index >= 15 is 0 Å². The van der Waals surface area contributed by atoms with Gasteiger partial charge in [0.25, 0.3) is 5.56 Å². The molecule has 0 spiro atoms. The smallest absolute Gasteiger partial charge is 0.410 e. The van der Waals surface area contributed by atoms with Crippen LogP contribution in [0, 0.1) is 0 Å². The number of pyridine rings is 2. The van der Waals surface area contributed by atoms with Gasteiger partial charge in [0.1, 0.15) is 29.0 Å². The molecule has 0 bridgehead atoms. The van der Waals surface area contributed by atoms with Crippen molar-refractivity contribution in [3.63, 3.8) is 0 Å². The van der Waals surface area contributed by atoms with Crippen molar-refractivity contribution in [2.45, 2.75) is 78.2 Å². The van der Waals surface area contributed by atoms with Crippen LogP contribution in [0.2, 0.25) is 10.0 Å². The summed E-state index contributed by atoms with van der Waals surface area (Å²) in [5.41, 5.74) is 2.07. The van der Waals surface area contributed by atoms with Gasteiger partial charge in [-0.2, -0.15) is 4.98 Å². The van der Waals surface area contributed by atoms with E-state index in [1.54, 1.807) is 59.7 Å². The summed E-state index contributed by atoms with van der Waals surface area (Å²) in [6.45, 7) is 10.9. The Hall–Kier alpha value is -6.19. The number of amides is 3. The number of rotatable bonds is 13. The number of alkyl carbamates (subject to hydrolysis) is 1. The third-order valence-electron chi connectivity index (χ3n) is 9.50. The summed E-state index contributed by atoms with van der Waals surface area (Å²) in [6.07, 6.45) is 1.71. The van der Waals surface area contributed by atoms with Crippen LogP contribution in [0.1, 0.15) is 70.3 Å². The number of aldehydes is 1. The third-order valence-corrected chi connectivity index (χ3v) is 10.3. The van der Waals surface area contributed by atoms with Crippen molar-refractivity contribution in [3.8, 4) is 45.3 Å². The van der Waals surface area contributed by atoms with Gasteiger partial charge >= 0.3 is 12.2 Å². The van der Waals surface area contributed by atoms with Crippen LogP contribution in [0.5, 0.6) is 11.8 Å². The molecule has 15 nitrogen and oxygen atoms in total. The van der Waals surface area contributed by atoms with Crippen molar-refractivity contribution in [1.82, 2.24) is 29.9 Å². The first-order valence-corrected chi connectivity index (χ1v) is 20.6. The molecule has 62 heavy (non-hydrogen) atoms. The highest BCUT2D eigenvalue weighted by molar-refractivity contribution is 6.39. The molecule has 4 heterocycles. The molecule has 2 aromatic carbocycles. The monoisotopic (exact) mass is 886 g/mol. The van der Waals surface area contributed by atoms with E-state index < -0.39 is 28.9 Å². The third kappa shape index (κ3) is 10.8. The van der Waals surface area contributed by atoms with Gasteiger partial charge in [-0.1, -0.05) is 59.6 Å². The Balaban J connectivity index is 1.27.